The number of nitrogens with two attached hydrogens (primary N) is 2. The number of carbonyl (C=O) groups is 2. The molecule has 2 aliphatic heterocycles. The molecule has 0 radical (unpaired) electrons. The average molecular weight is 649 g/mol. The second-order valence-electron chi connectivity index (χ2n) is 14.2. The van der Waals surface area contributed by atoms with Crippen LogP contribution in [0, 0.1) is 37.5 Å². The molecule has 10 heteroatoms. The summed E-state index contributed by atoms with van der Waals surface area (Å²) < 4.78 is 0. The van der Waals surface area contributed by atoms with E-state index in [1.807, 2.05) is 61.9 Å². The lowest BCUT2D eigenvalue weighted by atomic mass is 9.98. The molecular weight excluding hydrogens is 600 g/mol. The molecule has 0 bridgehead atoms. The number of hydrogen-bond donors (Lipinski definition) is 4. The van der Waals surface area contributed by atoms with Gasteiger partial charge in [-0.3, -0.25) is 9.59 Å². The number of nitrogens with zero attached hydrogens (tertiary/aromatic N) is 4. The van der Waals surface area contributed by atoms with E-state index in [9.17, 15) is 9.59 Å². The molecule has 2 aliphatic rings. The molecule has 2 fully saturated rings. The van der Waals surface area contributed by atoms with Crippen molar-refractivity contribution in [1.82, 2.24) is 29.7 Å². The number of aryl methyl sites for hydroxylation is 2. The summed E-state index contributed by atoms with van der Waals surface area (Å²) in [5, 5.41) is 0. The lowest BCUT2D eigenvalue weighted by Crippen LogP contribution is -2.46. The van der Waals surface area contributed by atoms with Gasteiger partial charge >= 0.3 is 0 Å². The van der Waals surface area contributed by atoms with E-state index in [2.05, 4.69) is 47.8 Å². The first kappa shape index (κ1) is 33.4. The number of aromatic nitrogens is 4. The molecule has 6 rings (SSSR count). The topological polar surface area (TPSA) is 150 Å². The van der Waals surface area contributed by atoms with E-state index in [-0.39, 0.29) is 35.7 Å². The summed E-state index contributed by atoms with van der Waals surface area (Å²) in [4.78, 5) is 46.4. The fraction of sp³-hybridized carbons (Fsp3) is 0.474. The fourth-order valence-electron chi connectivity index (χ4n) is 6.95. The SMILES string of the molecule is Cc1cc(-c2cnc([C@@H]3CCCN3C(=O)[C@@H](N)C(C)C)[nH]2)cc(C)c1C#Cc1ccc2nc([C@@H]3CCCN3C(=O)[C@@H](N)C(C)C)[nH]c2c1. The maximum absolute atomic E-state index is 13.1. The van der Waals surface area contributed by atoms with Gasteiger partial charge in [0.1, 0.15) is 11.6 Å². The van der Waals surface area contributed by atoms with E-state index in [1.54, 1.807) is 0 Å². The third-order valence-corrected chi connectivity index (χ3v) is 9.98. The summed E-state index contributed by atoms with van der Waals surface area (Å²) in [6, 6.07) is 9.05. The van der Waals surface area contributed by atoms with Crippen LogP contribution in [0.4, 0.5) is 0 Å². The predicted octanol–water partition coefficient (Wildman–Crippen LogP) is 5.26. The highest BCUT2D eigenvalue weighted by atomic mass is 16.2. The van der Waals surface area contributed by atoms with Crippen molar-refractivity contribution in [3.05, 3.63) is 70.4 Å². The Morgan fingerprint density at radius 2 is 1.42 bits per heavy atom. The molecule has 0 unspecified atom stereocenters. The van der Waals surface area contributed by atoms with Gasteiger partial charge in [-0.25, -0.2) is 9.97 Å². The zero-order chi connectivity index (χ0) is 34.3. The molecule has 4 atom stereocenters. The first-order chi connectivity index (χ1) is 22.9. The van der Waals surface area contributed by atoms with Crippen molar-refractivity contribution in [2.45, 2.75) is 91.4 Å². The van der Waals surface area contributed by atoms with Gasteiger partial charge in [-0.05, 0) is 92.8 Å². The molecule has 48 heavy (non-hydrogen) atoms. The lowest BCUT2D eigenvalue weighted by molar-refractivity contribution is -0.135. The number of imidazole rings is 2. The van der Waals surface area contributed by atoms with Crippen LogP contribution in [0.3, 0.4) is 0 Å². The number of rotatable bonds is 7. The number of nitrogens with one attached hydrogen (secondary N) is 2. The summed E-state index contributed by atoms with van der Waals surface area (Å²) in [5.74, 6) is 8.50. The number of amides is 2. The summed E-state index contributed by atoms with van der Waals surface area (Å²) in [6.07, 6.45) is 5.45. The molecule has 2 saturated heterocycles. The standard InChI is InChI=1S/C38H48N8O2/c1-21(2)33(39)37(47)45-15-7-9-31(45)35-41-20-30(44-35)26-17-23(5)27(24(6)18-26)13-11-25-12-14-28-29(19-25)43-36(42-28)32-10-8-16-46(32)38(48)34(40)22(3)4/h12,14,17-22,31-34H,7-10,15-16,39-40H2,1-6H3,(H,41,44)(H,42,43)/t31-,32-,33-,34-/m0/s1. The van der Waals surface area contributed by atoms with E-state index < -0.39 is 12.1 Å². The van der Waals surface area contributed by atoms with Gasteiger partial charge in [0.2, 0.25) is 11.8 Å². The minimum atomic E-state index is -0.510. The number of fused-ring (bicyclic) bond motifs is 1. The van der Waals surface area contributed by atoms with E-state index in [0.29, 0.717) is 13.1 Å². The largest absolute Gasteiger partial charge is 0.340 e. The number of carbonyl (C=O) groups excluding carboxylic acids is 2. The van der Waals surface area contributed by atoms with E-state index in [0.717, 1.165) is 81.9 Å². The van der Waals surface area contributed by atoms with Gasteiger partial charge in [-0.1, -0.05) is 39.5 Å². The molecule has 4 aromatic rings. The van der Waals surface area contributed by atoms with E-state index in [1.165, 1.54) is 0 Å². The summed E-state index contributed by atoms with van der Waals surface area (Å²) in [6.45, 7) is 13.5. The van der Waals surface area contributed by atoms with Crippen molar-refractivity contribution in [2.75, 3.05) is 13.1 Å². The van der Waals surface area contributed by atoms with Crippen LogP contribution in [-0.4, -0.2) is 66.7 Å². The molecule has 0 spiro atoms. The minimum Gasteiger partial charge on any atom is -0.340 e. The van der Waals surface area contributed by atoms with Crippen LogP contribution in [0.15, 0.2) is 36.5 Å². The van der Waals surface area contributed by atoms with E-state index >= 15 is 0 Å². The maximum atomic E-state index is 13.1. The van der Waals surface area contributed by atoms with Crippen molar-refractivity contribution in [1.29, 1.82) is 0 Å². The number of H-pyrrole nitrogens is 2. The Morgan fingerprint density at radius 1 is 0.833 bits per heavy atom. The van der Waals surface area contributed by atoms with Crippen molar-refractivity contribution in [2.24, 2.45) is 23.3 Å². The Kier molecular flexibility index (Phi) is 9.46. The number of benzene rings is 2. The average Bonchev–Trinajstić information content (AvgIpc) is 3.87. The summed E-state index contributed by atoms with van der Waals surface area (Å²) >= 11 is 0. The highest BCUT2D eigenvalue weighted by molar-refractivity contribution is 5.83. The molecule has 2 amide bonds. The number of hydrogen-bond acceptors (Lipinski definition) is 6. The third-order valence-electron chi connectivity index (χ3n) is 9.98. The van der Waals surface area contributed by atoms with Crippen LogP contribution < -0.4 is 11.5 Å². The van der Waals surface area contributed by atoms with Crippen LogP contribution in [-0.2, 0) is 9.59 Å². The Hall–Kier alpha value is -4.46. The Morgan fingerprint density at radius 3 is 2.00 bits per heavy atom. The highest BCUT2D eigenvalue weighted by Gasteiger charge is 2.36. The predicted molar refractivity (Wildman–Crippen MR) is 189 cm³/mol. The Labute approximate surface area is 283 Å². The fourth-order valence-corrected chi connectivity index (χ4v) is 6.95. The molecular formula is C38H48N8O2. The highest BCUT2D eigenvalue weighted by Crippen LogP contribution is 2.34. The summed E-state index contributed by atoms with van der Waals surface area (Å²) in [5.41, 5.74) is 20.1. The molecule has 4 heterocycles. The second kappa shape index (κ2) is 13.6. The smallest absolute Gasteiger partial charge is 0.240 e. The van der Waals surface area contributed by atoms with Gasteiger partial charge in [0.05, 0.1) is 47.1 Å². The molecule has 2 aromatic carbocycles. The van der Waals surface area contributed by atoms with Gasteiger partial charge in [-0.15, -0.1) is 0 Å². The van der Waals surface area contributed by atoms with Crippen molar-refractivity contribution in [3.63, 3.8) is 0 Å². The second-order valence-corrected chi connectivity index (χ2v) is 14.2. The van der Waals surface area contributed by atoms with Gasteiger partial charge < -0.3 is 31.2 Å². The molecule has 0 aliphatic carbocycles. The van der Waals surface area contributed by atoms with Crippen LogP contribution in [0.5, 0.6) is 0 Å². The van der Waals surface area contributed by atoms with Crippen LogP contribution in [0.1, 0.15) is 99.4 Å². The first-order valence-electron chi connectivity index (χ1n) is 17.2. The zero-order valence-electron chi connectivity index (χ0n) is 28.9. The normalized spacial score (nSPS) is 19.3. The van der Waals surface area contributed by atoms with Gasteiger partial charge in [0, 0.05) is 29.8 Å². The lowest BCUT2D eigenvalue weighted by Gasteiger charge is -2.27. The number of aromatic amines is 2. The van der Waals surface area contributed by atoms with Crippen molar-refractivity contribution in [3.8, 4) is 23.1 Å². The van der Waals surface area contributed by atoms with Crippen LogP contribution >= 0.6 is 0 Å². The van der Waals surface area contributed by atoms with Crippen LogP contribution in [0.25, 0.3) is 22.3 Å². The number of likely N-dealkylation sites (tertiary alicyclic amines) is 2. The minimum absolute atomic E-state index is 0.00793. The van der Waals surface area contributed by atoms with Crippen molar-refractivity contribution < 1.29 is 9.59 Å². The van der Waals surface area contributed by atoms with Crippen molar-refractivity contribution >= 4 is 22.8 Å². The summed E-state index contributed by atoms with van der Waals surface area (Å²) in [7, 11) is 0. The molecule has 6 N–H and O–H groups in total. The molecule has 252 valence electrons. The zero-order valence-corrected chi connectivity index (χ0v) is 28.9. The Balaban J connectivity index is 1.19. The quantitative estimate of drug-likeness (QED) is 0.201. The monoisotopic (exact) mass is 648 g/mol. The molecule has 10 nitrogen and oxygen atoms in total. The van der Waals surface area contributed by atoms with Crippen LogP contribution in [0.2, 0.25) is 0 Å². The first-order valence-corrected chi connectivity index (χ1v) is 17.2. The van der Waals surface area contributed by atoms with Gasteiger partial charge in [-0.2, -0.15) is 0 Å². The molecule has 0 saturated carbocycles. The van der Waals surface area contributed by atoms with Gasteiger partial charge in [0.15, 0.2) is 0 Å². The van der Waals surface area contributed by atoms with E-state index in [4.69, 9.17) is 21.4 Å². The van der Waals surface area contributed by atoms with Gasteiger partial charge in [0.25, 0.3) is 0 Å². The third kappa shape index (κ3) is 6.49. The maximum Gasteiger partial charge on any atom is 0.240 e. The Bertz CT molecular complexity index is 1870. The molecule has 2 aromatic heterocycles.